The third kappa shape index (κ3) is 2.35. The van der Waals surface area contributed by atoms with Crippen LogP contribution in [0.25, 0.3) is 32.9 Å². The van der Waals surface area contributed by atoms with Crippen LogP contribution in [-0.2, 0) is 13.0 Å². The van der Waals surface area contributed by atoms with Crippen molar-refractivity contribution in [3.05, 3.63) is 71.0 Å². The predicted molar refractivity (Wildman–Crippen MR) is 105 cm³/mol. The zero-order valence-corrected chi connectivity index (χ0v) is 14.6. The van der Waals surface area contributed by atoms with Crippen LogP contribution in [0.15, 0.2) is 48.5 Å². The Morgan fingerprint density at radius 1 is 1.11 bits per heavy atom. The first-order chi connectivity index (χ1) is 13.1. The molecule has 0 fully saturated rings. The molecule has 0 radical (unpaired) electrons. The molecule has 4 aromatic rings. The average Bonchev–Trinajstić information content (AvgIpc) is 3.06. The van der Waals surface area contributed by atoms with Gasteiger partial charge in [0.15, 0.2) is 0 Å². The van der Waals surface area contributed by atoms with Crippen molar-refractivity contribution in [3.63, 3.8) is 0 Å². The van der Waals surface area contributed by atoms with E-state index >= 15 is 4.39 Å². The van der Waals surface area contributed by atoms with E-state index in [1.165, 1.54) is 11.6 Å². The number of hydrogen-bond acceptors (Lipinski definition) is 2. The number of para-hydroxylation sites is 1. The van der Waals surface area contributed by atoms with Gasteiger partial charge in [-0.2, -0.15) is 0 Å². The van der Waals surface area contributed by atoms with Crippen molar-refractivity contribution < 1.29 is 9.18 Å². The van der Waals surface area contributed by atoms with Crippen LogP contribution in [0.4, 0.5) is 4.39 Å². The van der Waals surface area contributed by atoms with Crippen molar-refractivity contribution in [1.82, 2.24) is 10.3 Å². The SMILES string of the molecule is NC(=O)c1cc(F)c(-c2cccc3c2CCNC3)c2c1[nH]c1ccccc12. The first-order valence-electron chi connectivity index (χ1n) is 8.99. The minimum absolute atomic E-state index is 0.175. The van der Waals surface area contributed by atoms with Crippen LogP contribution in [0.3, 0.4) is 0 Å². The van der Waals surface area contributed by atoms with Gasteiger partial charge in [0.05, 0.1) is 11.1 Å². The topological polar surface area (TPSA) is 70.9 Å². The van der Waals surface area contributed by atoms with Crippen molar-refractivity contribution >= 4 is 27.7 Å². The van der Waals surface area contributed by atoms with Crippen LogP contribution in [0.2, 0.25) is 0 Å². The highest BCUT2D eigenvalue weighted by atomic mass is 19.1. The second kappa shape index (κ2) is 5.93. The molecule has 0 atom stereocenters. The monoisotopic (exact) mass is 359 g/mol. The Labute approximate surface area is 155 Å². The molecule has 3 aromatic carbocycles. The molecule has 1 amide bonds. The van der Waals surface area contributed by atoms with Gasteiger partial charge in [-0.05, 0) is 41.8 Å². The smallest absolute Gasteiger partial charge is 0.250 e. The van der Waals surface area contributed by atoms with Gasteiger partial charge in [0.2, 0.25) is 0 Å². The van der Waals surface area contributed by atoms with Gasteiger partial charge in [-0.25, -0.2) is 4.39 Å². The van der Waals surface area contributed by atoms with E-state index in [9.17, 15) is 4.79 Å². The number of nitrogens with one attached hydrogen (secondary N) is 2. The van der Waals surface area contributed by atoms with E-state index < -0.39 is 11.7 Å². The number of hydrogen-bond donors (Lipinski definition) is 3. The number of carbonyl (C=O) groups is 1. The van der Waals surface area contributed by atoms with Gasteiger partial charge in [0.25, 0.3) is 5.91 Å². The van der Waals surface area contributed by atoms with Gasteiger partial charge in [-0.15, -0.1) is 0 Å². The second-order valence-corrected chi connectivity index (χ2v) is 6.94. The summed E-state index contributed by atoms with van der Waals surface area (Å²) in [4.78, 5) is 15.2. The number of benzene rings is 3. The number of H-pyrrole nitrogens is 1. The summed E-state index contributed by atoms with van der Waals surface area (Å²) in [6, 6.07) is 15.0. The van der Waals surface area contributed by atoms with Crippen LogP contribution >= 0.6 is 0 Å². The molecule has 0 saturated heterocycles. The van der Waals surface area contributed by atoms with E-state index in [0.29, 0.717) is 16.5 Å². The van der Waals surface area contributed by atoms with E-state index in [1.807, 2.05) is 36.4 Å². The molecule has 0 spiro atoms. The van der Waals surface area contributed by atoms with Gasteiger partial charge in [0, 0.05) is 28.4 Å². The van der Waals surface area contributed by atoms with Crippen LogP contribution in [0.1, 0.15) is 21.5 Å². The first kappa shape index (κ1) is 16.0. The minimum atomic E-state index is -0.642. The van der Waals surface area contributed by atoms with E-state index in [0.717, 1.165) is 41.5 Å². The Kier molecular flexibility index (Phi) is 3.52. The number of amides is 1. The number of carbonyl (C=O) groups excluding carboxylic acids is 1. The van der Waals surface area contributed by atoms with E-state index in [4.69, 9.17) is 5.73 Å². The number of aromatic nitrogens is 1. The van der Waals surface area contributed by atoms with Crippen molar-refractivity contribution in [2.75, 3.05) is 6.54 Å². The Bertz CT molecular complexity index is 1230. The lowest BCUT2D eigenvalue weighted by molar-refractivity contribution is 0.100. The summed E-state index contributed by atoms with van der Waals surface area (Å²) in [6.07, 6.45) is 0.840. The van der Waals surface area contributed by atoms with Gasteiger partial charge in [0.1, 0.15) is 5.82 Å². The molecule has 0 aliphatic carbocycles. The predicted octanol–water partition coefficient (Wildman–Crippen LogP) is 3.87. The minimum Gasteiger partial charge on any atom is -0.366 e. The van der Waals surface area contributed by atoms with E-state index in [1.54, 1.807) is 0 Å². The molecule has 2 heterocycles. The molecule has 0 saturated carbocycles. The Hall–Kier alpha value is -3.18. The fourth-order valence-electron chi connectivity index (χ4n) is 4.22. The van der Waals surface area contributed by atoms with Crippen molar-refractivity contribution in [2.45, 2.75) is 13.0 Å². The fourth-order valence-corrected chi connectivity index (χ4v) is 4.22. The highest BCUT2D eigenvalue weighted by Crippen LogP contribution is 2.40. The fraction of sp³-hybridized carbons (Fsp3) is 0.136. The summed E-state index contributed by atoms with van der Waals surface area (Å²) < 4.78 is 15.4. The second-order valence-electron chi connectivity index (χ2n) is 6.94. The molecule has 1 aromatic heterocycles. The van der Waals surface area contributed by atoms with Gasteiger partial charge in [-0.1, -0.05) is 36.4 Å². The van der Waals surface area contributed by atoms with Crippen LogP contribution in [-0.4, -0.2) is 17.4 Å². The maximum atomic E-state index is 15.4. The number of fused-ring (bicyclic) bond motifs is 4. The summed E-state index contributed by atoms with van der Waals surface area (Å²) in [5, 5.41) is 4.96. The lowest BCUT2D eigenvalue weighted by Crippen LogP contribution is -2.24. The molecule has 5 rings (SSSR count). The molecule has 4 nitrogen and oxygen atoms in total. The molecule has 0 bridgehead atoms. The normalized spacial score (nSPS) is 13.8. The average molecular weight is 359 g/mol. The van der Waals surface area contributed by atoms with Crippen LogP contribution in [0, 0.1) is 5.82 Å². The molecular weight excluding hydrogens is 341 g/mol. The Morgan fingerprint density at radius 3 is 2.81 bits per heavy atom. The first-order valence-corrected chi connectivity index (χ1v) is 8.99. The largest absolute Gasteiger partial charge is 0.366 e. The molecule has 5 heteroatoms. The lowest BCUT2D eigenvalue weighted by atomic mass is 9.88. The molecule has 1 aliphatic heterocycles. The van der Waals surface area contributed by atoms with Crippen LogP contribution in [0.5, 0.6) is 0 Å². The maximum absolute atomic E-state index is 15.4. The number of nitrogens with two attached hydrogens (primary N) is 1. The molecule has 1 aliphatic rings. The van der Waals surface area contributed by atoms with Gasteiger partial charge >= 0.3 is 0 Å². The quantitative estimate of drug-likeness (QED) is 0.508. The van der Waals surface area contributed by atoms with E-state index in [2.05, 4.69) is 16.4 Å². The molecule has 0 unspecified atom stereocenters. The highest BCUT2D eigenvalue weighted by molar-refractivity contribution is 6.20. The zero-order chi connectivity index (χ0) is 18.5. The number of primary amides is 1. The lowest BCUT2D eigenvalue weighted by Gasteiger charge is -2.21. The summed E-state index contributed by atoms with van der Waals surface area (Å²) in [5.74, 6) is -1.07. The molecule has 4 N–H and O–H groups in total. The van der Waals surface area contributed by atoms with Crippen LogP contribution < -0.4 is 11.1 Å². The summed E-state index contributed by atoms with van der Waals surface area (Å²) in [5.41, 5.74) is 10.9. The van der Waals surface area contributed by atoms with Crippen molar-refractivity contribution in [2.24, 2.45) is 5.73 Å². The zero-order valence-electron chi connectivity index (χ0n) is 14.6. The van der Waals surface area contributed by atoms with E-state index in [-0.39, 0.29) is 5.56 Å². The standard InChI is InChI=1S/C22H18FN3O/c23-17-10-16(22(24)27)21-20(15-5-1-2-7-18(15)26-21)19(17)14-6-3-4-12-11-25-9-8-13(12)14/h1-7,10,25-26H,8-9,11H2,(H2,24,27). The summed E-state index contributed by atoms with van der Waals surface area (Å²) in [7, 11) is 0. The molecule has 27 heavy (non-hydrogen) atoms. The summed E-state index contributed by atoms with van der Waals surface area (Å²) >= 11 is 0. The highest BCUT2D eigenvalue weighted by Gasteiger charge is 2.23. The third-order valence-electron chi connectivity index (χ3n) is 5.41. The number of halogens is 1. The molecular formula is C22H18FN3O. The van der Waals surface area contributed by atoms with Crippen molar-refractivity contribution in [1.29, 1.82) is 0 Å². The van der Waals surface area contributed by atoms with Crippen molar-refractivity contribution in [3.8, 4) is 11.1 Å². The van der Waals surface area contributed by atoms with Gasteiger partial charge < -0.3 is 16.0 Å². The maximum Gasteiger partial charge on any atom is 0.250 e. The summed E-state index contributed by atoms with van der Waals surface area (Å²) in [6.45, 7) is 1.64. The number of aromatic amines is 1. The molecule has 134 valence electrons. The Balaban J connectivity index is 1.95. The van der Waals surface area contributed by atoms with Gasteiger partial charge in [-0.3, -0.25) is 4.79 Å². The third-order valence-corrected chi connectivity index (χ3v) is 5.41. The Morgan fingerprint density at radius 2 is 1.96 bits per heavy atom. The number of rotatable bonds is 2.